The fourth-order valence-corrected chi connectivity index (χ4v) is 1.07. The van der Waals surface area contributed by atoms with Gasteiger partial charge in [-0.3, -0.25) is 0 Å². The molecule has 82 valence electrons. The minimum absolute atomic E-state index is 0.653. The largest absolute Gasteiger partial charge is 0.478 e. The Morgan fingerprint density at radius 2 is 2.14 bits per heavy atom. The van der Waals surface area contributed by atoms with E-state index in [2.05, 4.69) is 10.2 Å². The maximum absolute atomic E-state index is 10.3. The molecule has 0 unspecified atom stereocenters. The van der Waals surface area contributed by atoms with Gasteiger partial charge in [0.1, 0.15) is 0 Å². The zero-order chi connectivity index (χ0) is 11.0. The highest BCUT2D eigenvalue weighted by Gasteiger charge is 1.94. The number of nitrogens with one attached hydrogen (secondary N) is 1. The van der Waals surface area contributed by atoms with Gasteiger partial charge in [0.25, 0.3) is 0 Å². The number of hydrogen-bond donors (Lipinski definition) is 2. The van der Waals surface area contributed by atoms with Gasteiger partial charge >= 0.3 is 5.97 Å². The Bertz CT molecular complexity index is 200. The number of nitrogens with zero attached hydrogens (tertiary/aromatic N) is 1. The summed E-state index contributed by atoms with van der Waals surface area (Å²) in [5.74, 6) is -0.877. The number of hydrogen-bond acceptors (Lipinski definition) is 3. The van der Waals surface area contributed by atoms with E-state index in [1.165, 1.54) is 6.08 Å². The summed E-state index contributed by atoms with van der Waals surface area (Å²) < 4.78 is 0. The number of rotatable bonds is 7. The van der Waals surface area contributed by atoms with Crippen LogP contribution in [0.1, 0.15) is 13.3 Å². The molecule has 0 rings (SSSR count). The van der Waals surface area contributed by atoms with Gasteiger partial charge in [-0.25, -0.2) is 4.79 Å². The van der Waals surface area contributed by atoms with Gasteiger partial charge < -0.3 is 15.3 Å². The van der Waals surface area contributed by atoms with Crippen molar-refractivity contribution in [1.82, 2.24) is 10.2 Å². The van der Waals surface area contributed by atoms with Crippen molar-refractivity contribution >= 4 is 5.97 Å². The van der Waals surface area contributed by atoms with Gasteiger partial charge in [0.05, 0.1) is 0 Å². The Balaban J connectivity index is 3.41. The van der Waals surface area contributed by atoms with Crippen molar-refractivity contribution in [2.75, 3.05) is 33.7 Å². The van der Waals surface area contributed by atoms with E-state index in [9.17, 15) is 4.79 Å². The Labute approximate surface area is 85.6 Å². The van der Waals surface area contributed by atoms with Crippen molar-refractivity contribution in [3.05, 3.63) is 11.6 Å². The van der Waals surface area contributed by atoms with E-state index in [0.717, 1.165) is 25.1 Å². The standard InChI is InChI=1S/C10H20N2O2/c1-9(7-10(13)14)8-11-5-4-6-12(2)3/h7,11H,4-6,8H2,1-3H3,(H,13,14). The maximum atomic E-state index is 10.3. The monoisotopic (exact) mass is 200 g/mol. The zero-order valence-electron chi connectivity index (χ0n) is 9.21. The fraction of sp³-hybridized carbons (Fsp3) is 0.700. The third-order valence-corrected chi connectivity index (χ3v) is 1.73. The smallest absolute Gasteiger partial charge is 0.328 e. The summed E-state index contributed by atoms with van der Waals surface area (Å²) in [4.78, 5) is 12.4. The minimum atomic E-state index is -0.877. The molecule has 4 heteroatoms. The van der Waals surface area contributed by atoms with Gasteiger partial charge in [0, 0.05) is 12.6 Å². The van der Waals surface area contributed by atoms with Crippen LogP contribution in [-0.2, 0) is 4.79 Å². The Kier molecular flexibility index (Phi) is 7.06. The first-order valence-electron chi connectivity index (χ1n) is 4.78. The summed E-state index contributed by atoms with van der Waals surface area (Å²) in [6.45, 7) is 4.43. The van der Waals surface area contributed by atoms with Crippen LogP contribution in [0.5, 0.6) is 0 Å². The molecule has 0 saturated heterocycles. The fourth-order valence-electron chi connectivity index (χ4n) is 1.07. The molecule has 0 aliphatic rings. The normalized spacial score (nSPS) is 12.1. The molecule has 2 N–H and O–H groups in total. The molecule has 0 amide bonds. The van der Waals surface area contributed by atoms with Crippen molar-refractivity contribution in [2.24, 2.45) is 0 Å². The minimum Gasteiger partial charge on any atom is -0.478 e. The molecule has 0 radical (unpaired) electrons. The predicted octanol–water partition coefficient (Wildman–Crippen LogP) is 0.559. The van der Waals surface area contributed by atoms with Crippen LogP contribution >= 0.6 is 0 Å². The van der Waals surface area contributed by atoms with Crippen LogP contribution < -0.4 is 5.32 Å². The first-order chi connectivity index (χ1) is 6.52. The average Bonchev–Trinajstić information content (AvgIpc) is 2.01. The number of carboxylic acids is 1. The molecule has 4 nitrogen and oxygen atoms in total. The van der Waals surface area contributed by atoms with Crippen molar-refractivity contribution in [3.8, 4) is 0 Å². The van der Waals surface area contributed by atoms with Crippen molar-refractivity contribution in [2.45, 2.75) is 13.3 Å². The number of aliphatic carboxylic acids is 1. The van der Waals surface area contributed by atoms with Crippen LogP contribution in [0.15, 0.2) is 11.6 Å². The third-order valence-electron chi connectivity index (χ3n) is 1.73. The number of carboxylic acid groups (broad SMARTS) is 1. The van der Waals surface area contributed by atoms with E-state index in [1.807, 2.05) is 21.0 Å². The highest BCUT2D eigenvalue weighted by molar-refractivity contribution is 5.80. The summed E-state index contributed by atoms with van der Waals surface area (Å²) >= 11 is 0. The molecule has 0 aromatic carbocycles. The highest BCUT2D eigenvalue weighted by Crippen LogP contribution is 1.89. The molecular weight excluding hydrogens is 180 g/mol. The Morgan fingerprint density at radius 1 is 1.50 bits per heavy atom. The van der Waals surface area contributed by atoms with Crippen molar-refractivity contribution in [3.63, 3.8) is 0 Å². The second-order valence-electron chi connectivity index (χ2n) is 3.66. The van der Waals surface area contributed by atoms with E-state index in [0.29, 0.717) is 6.54 Å². The molecule has 0 aromatic rings. The summed E-state index contributed by atoms with van der Waals surface area (Å²) in [6.07, 6.45) is 2.31. The van der Waals surface area contributed by atoms with E-state index in [1.54, 1.807) is 0 Å². The van der Waals surface area contributed by atoms with Gasteiger partial charge in [-0.05, 0) is 40.5 Å². The number of carbonyl (C=O) groups is 1. The third kappa shape index (κ3) is 9.22. The Hall–Kier alpha value is -0.870. The molecule has 0 spiro atoms. The van der Waals surface area contributed by atoms with Crippen molar-refractivity contribution in [1.29, 1.82) is 0 Å². The second-order valence-corrected chi connectivity index (χ2v) is 3.66. The van der Waals surface area contributed by atoms with Gasteiger partial charge in [-0.15, -0.1) is 0 Å². The lowest BCUT2D eigenvalue weighted by Crippen LogP contribution is -2.22. The second kappa shape index (κ2) is 7.53. The SMILES string of the molecule is CC(=CC(=O)O)CNCCCN(C)C. The van der Waals surface area contributed by atoms with Gasteiger partial charge in [-0.2, -0.15) is 0 Å². The van der Waals surface area contributed by atoms with E-state index < -0.39 is 5.97 Å². The lowest BCUT2D eigenvalue weighted by Gasteiger charge is -2.09. The zero-order valence-corrected chi connectivity index (χ0v) is 9.21. The van der Waals surface area contributed by atoms with Crippen LogP contribution in [-0.4, -0.2) is 49.7 Å². The quantitative estimate of drug-likeness (QED) is 0.466. The molecule has 0 aliphatic carbocycles. The van der Waals surface area contributed by atoms with Crippen molar-refractivity contribution < 1.29 is 9.90 Å². The summed E-state index contributed by atoms with van der Waals surface area (Å²) in [6, 6.07) is 0. The lowest BCUT2D eigenvalue weighted by molar-refractivity contribution is -0.131. The first-order valence-corrected chi connectivity index (χ1v) is 4.78. The van der Waals surface area contributed by atoms with Crippen LogP contribution in [0.25, 0.3) is 0 Å². The highest BCUT2D eigenvalue weighted by atomic mass is 16.4. The topological polar surface area (TPSA) is 52.6 Å². The summed E-state index contributed by atoms with van der Waals surface area (Å²) in [5.41, 5.74) is 0.849. The first kappa shape index (κ1) is 13.1. The molecular formula is C10H20N2O2. The molecule has 0 bridgehead atoms. The molecule has 0 heterocycles. The molecule has 0 fully saturated rings. The summed E-state index contributed by atoms with van der Waals surface area (Å²) in [7, 11) is 4.07. The maximum Gasteiger partial charge on any atom is 0.328 e. The van der Waals surface area contributed by atoms with Crippen LogP contribution in [0.4, 0.5) is 0 Å². The van der Waals surface area contributed by atoms with Gasteiger partial charge in [0.2, 0.25) is 0 Å². The molecule has 0 saturated carbocycles. The molecule has 0 atom stereocenters. The van der Waals surface area contributed by atoms with Crippen LogP contribution in [0.2, 0.25) is 0 Å². The molecule has 0 aliphatic heterocycles. The molecule has 14 heavy (non-hydrogen) atoms. The average molecular weight is 200 g/mol. The lowest BCUT2D eigenvalue weighted by atomic mass is 10.3. The van der Waals surface area contributed by atoms with E-state index in [-0.39, 0.29) is 0 Å². The van der Waals surface area contributed by atoms with Crippen LogP contribution in [0.3, 0.4) is 0 Å². The predicted molar refractivity (Wildman–Crippen MR) is 57.4 cm³/mol. The van der Waals surface area contributed by atoms with E-state index >= 15 is 0 Å². The van der Waals surface area contributed by atoms with Gasteiger partial charge in [0.15, 0.2) is 0 Å². The molecule has 0 aromatic heterocycles. The van der Waals surface area contributed by atoms with Gasteiger partial charge in [-0.1, -0.05) is 5.57 Å². The Morgan fingerprint density at radius 3 is 2.64 bits per heavy atom. The van der Waals surface area contributed by atoms with Crippen LogP contribution in [0, 0.1) is 0 Å². The van der Waals surface area contributed by atoms with E-state index in [4.69, 9.17) is 5.11 Å². The summed E-state index contributed by atoms with van der Waals surface area (Å²) in [5, 5.41) is 11.6.